The first-order valence-corrected chi connectivity index (χ1v) is 10.2. The third-order valence-electron chi connectivity index (χ3n) is 4.87. The van der Waals surface area contributed by atoms with Crippen LogP contribution in [0.5, 0.6) is 5.75 Å². The zero-order valence-electron chi connectivity index (χ0n) is 16.9. The molecule has 0 radical (unpaired) electrons. The fourth-order valence-electron chi connectivity index (χ4n) is 3.31. The first-order valence-electron chi connectivity index (χ1n) is 10.2. The van der Waals surface area contributed by atoms with Crippen LogP contribution in [0.1, 0.15) is 46.9 Å². The van der Waals surface area contributed by atoms with E-state index < -0.39 is 0 Å². The molecule has 2 amide bonds. The molecule has 2 aromatic carbocycles. The van der Waals surface area contributed by atoms with Crippen molar-refractivity contribution in [2.24, 2.45) is 0 Å². The summed E-state index contributed by atoms with van der Waals surface area (Å²) < 4.78 is 10.8. The highest BCUT2D eigenvalue weighted by Crippen LogP contribution is 2.21. The van der Waals surface area contributed by atoms with Crippen LogP contribution in [0.2, 0.25) is 0 Å². The summed E-state index contributed by atoms with van der Waals surface area (Å²) in [6.07, 6.45) is 3.21. The van der Waals surface area contributed by atoms with Gasteiger partial charge in [-0.15, -0.1) is 0 Å². The summed E-state index contributed by atoms with van der Waals surface area (Å²) in [6, 6.07) is 14.1. The van der Waals surface area contributed by atoms with Gasteiger partial charge in [0.25, 0.3) is 11.8 Å². The van der Waals surface area contributed by atoms with Crippen LogP contribution in [0.25, 0.3) is 0 Å². The molecule has 1 saturated heterocycles. The van der Waals surface area contributed by atoms with Crippen LogP contribution in [-0.4, -0.2) is 49.6 Å². The van der Waals surface area contributed by atoms with E-state index in [1.807, 2.05) is 24.0 Å². The maximum Gasteiger partial charge on any atom is 0.255 e. The average molecular weight is 396 g/mol. The first-order chi connectivity index (χ1) is 14.2. The summed E-state index contributed by atoms with van der Waals surface area (Å²) in [5, 5.41) is 2.88. The summed E-state index contributed by atoms with van der Waals surface area (Å²) in [4.78, 5) is 27.4. The first kappa shape index (κ1) is 20.9. The van der Waals surface area contributed by atoms with E-state index in [9.17, 15) is 9.59 Å². The van der Waals surface area contributed by atoms with Crippen molar-refractivity contribution in [3.8, 4) is 5.75 Å². The van der Waals surface area contributed by atoms with E-state index in [0.717, 1.165) is 32.4 Å². The lowest BCUT2D eigenvalue weighted by atomic mass is 10.1. The van der Waals surface area contributed by atoms with Gasteiger partial charge >= 0.3 is 0 Å². The maximum atomic E-state index is 12.9. The van der Waals surface area contributed by atoms with E-state index in [1.165, 1.54) is 0 Å². The number of rotatable bonds is 8. The van der Waals surface area contributed by atoms with E-state index in [4.69, 9.17) is 9.47 Å². The Morgan fingerprint density at radius 2 is 1.69 bits per heavy atom. The molecular weight excluding hydrogens is 368 g/mol. The van der Waals surface area contributed by atoms with Crippen LogP contribution in [0.3, 0.4) is 0 Å². The van der Waals surface area contributed by atoms with E-state index in [-0.39, 0.29) is 11.8 Å². The molecule has 6 nitrogen and oxygen atoms in total. The molecule has 0 aliphatic carbocycles. The van der Waals surface area contributed by atoms with Crippen LogP contribution >= 0.6 is 0 Å². The van der Waals surface area contributed by atoms with Gasteiger partial charge < -0.3 is 19.7 Å². The number of anilines is 1. The molecule has 29 heavy (non-hydrogen) atoms. The van der Waals surface area contributed by atoms with Gasteiger partial charge in [-0.3, -0.25) is 9.59 Å². The monoisotopic (exact) mass is 396 g/mol. The van der Waals surface area contributed by atoms with E-state index in [2.05, 4.69) is 5.32 Å². The standard InChI is InChI=1S/C23H28N2O4/c1-2-28-16-17-29-19-12-10-18(11-13-19)22(26)24-21-9-5-4-8-20(21)23(27)25-14-6-3-7-15-25/h4-5,8-13H,2-3,6-7,14-17H2,1H3,(H,24,26). The second-order valence-corrected chi connectivity index (χ2v) is 6.92. The second kappa shape index (κ2) is 10.6. The Morgan fingerprint density at radius 1 is 0.966 bits per heavy atom. The van der Waals surface area contributed by atoms with Crippen molar-refractivity contribution in [3.63, 3.8) is 0 Å². The molecule has 6 heteroatoms. The molecule has 1 heterocycles. The van der Waals surface area contributed by atoms with Crippen LogP contribution in [0.4, 0.5) is 5.69 Å². The molecule has 1 fully saturated rings. The highest BCUT2D eigenvalue weighted by Gasteiger charge is 2.21. The number of likely N-dealkylation sites (tertiary alicyclic amines) is 1. The van der Waals surface area contributed by atoms with Gasteiger partial charge in [-0.2, -0.15) is 0 Å². The number of piperidine rings is 1. The number of ether oxygens (including phenoxy) is 2. The molecule has 154 valence electrons. The van der Waals surface area contributed by atoms with Crippen molar-refractivity contribution in [1.82, 2.24) is 4.90 Å². The minimum atomic E-state index is -0.259. The molecule has 0 atom stereocenters. The van der Waals surface area contributed by atoms with Crippen molar-refractivity contribution < 1.29 is 19.1 Å². The largest absolute Gasteiger partial charge is 0.491 e. The summed E-state index contributed by atoms with van der Waals surface area (Å²) in [5.41, 5.74) is 1.56. The second-order valence-electron chi connectivity index (χ2n) is 6.92. The van der Waals surface area contributed by atoms with E-state index in [1.54, 1.807) is 36.4 Å². The van der Waals surface area contributed by atoms with Gasteiger partial charge in [-0.1, -0.05) is 12.1 Å². The van der Waals surface area contributed by atoms with Gasteiger partial charge in [0.1, 0.15) is 12.4 Å². The Morgan fingerprint density at radius 3 is 2.41 bits per heavy atom. The van der Waals surface area contributed by atoms with E-state index >= 15 is 0 Å². The summed E-state index contributed by atoms with van der Waals surface area (Å²) in [6.45, 7) is 5.12. The number of carbonyl (C=O) groups is 2. The summed E-state index contributed by atoms with van der Waals surface area (Å²) >= 11 is 0. The number of hydrogen-bond donors (Lipinski definition) is 1. The molecule has 1 aliphatic heterocycles. The number of carbonyl (C=O) groups excluding carboxylic acids is 2. The van der Waals surface area contributed by atoms with Gasteiger partial charge in [0.15, 0.2) is 0 Å². The van der Waals surface area contributed by atoms with E-state index in [0.29, 0.717) is 42.4 Å². The fourth-order valence-corrected chi connectivity index (χ4v) is 3.31. The van der Waals surface area contributed by atoms with Gasteiger partial charge in [-0.05, 0) is 62.6 Å². The lowest BCUT2D eigenvalue weighted by molar-refractivity contribution is 0.0725. The van der Waals surface area contributed by atoms with Gasteiger partial charge in [0.2, 0.25) is 0 Å². The number of nitrogens with one attached hydrogen (secondary N) is 1. The quantitative estimate of drug-likeness (QED) is 0.686. The molecule has 0 bridgehead atoms. The molecule has 0 spiro atoms. The topological polar surface area (TPSA) is 67.9 Å². The number of amides is 2. The summed E-state index contributed by atoms with van der Waals surface area (Å²) in [5.74, 6) is 0.394. The number of nitrogens with zero attached hydrogens (tertiary/aromatic N) is 1. The molecule has 2 aromatic rings. The third kappa shape index (κ3) is 5.81. The molecule has 1 aliphatic rings. The van der Waals surface area contributed by atoms with Crippen LogP contribution in [0.15, 0.2) is 48.5 Å². The smallest absolute Gasteiger partial charge is 0.255 e. The van der Waals surface area contributed by atoms with Crippen LogP contribution < -0.4 is 10.1 Å². The van der Waals surface area contributed by atoms with Crippen molar-refractivity contribution >= 4 is 17.5 Å². The fraction of sp³-hybridized carbons (Fsp3) is 0.391. The molecular formula is C23H28N2O4. The normalized spacial score (nSPS) is 13.8. The van der Waals surface area contributed by atoms with Crippen molar-refractivity contribution in [2.45, 2.75) is 26.2 Å². The third-order valence-corrected chi connectivity index (χ3v) is 4.87. The Bertz CT molecular complexity index is 814. The van der Waals surface area contributed by atoms with Crippen molar-refractivity contribution in [3.05, 3.63) is 59.7 Å². The molecule has 0 aromatic heterocycles. The molecule has 3 rings (SSSR count). The molecule has 0 saturated carbocycles. The molecule has 0 unspecified atom stereocenters. The zero-order valence-corrected chi connectivity index (χ0v) is 16.9. The number of hydrogen-bond acceptors (Lipinski definition) is 4. The lowest BCUT2D eigenvalue weighted by Crippen LogP contribution is -2.36. The SMILES string of the molecule is CCOCCOc1ccc(C(=O)Nc2ccccc2C(=O)N2CCCCC2)cc1. The Labute approximate surface area is 171 Å². The minimum Gasteiger partial charge on any atom is -0.491 e. The van der Waals surface area contributed by atoms with Gasteiger partial charge in [0.05, 0.1) is 17.9 Å². The Balaban J connectivity index is 1.64. The molecule has 1 N–H and O–H groups in total. The van der Waals surface area contributed by atoms with Gasteiger partial charge in [-0.25, -0.2) is 0 Å². The summed E-state index contributed by atoms with van der Waals surface area (Å²) in [7, 11) is 0. The average Bonchev–Trinajstić information content (AvgIpc) is 2.77. The predicted molar refractivity (Wildman–Crippen MR) is 113 cm³/mol. The van der Waals surface area contributed by atoms with Gasteiger partial charge in [0, 0.05) is 25.3 Å². The highest BCUT2D eigenvalue weighted by molar-refractivity contribution is 6.09. The Hall–Kier alpha value is -2.86. The number of benzene rings is 2. The minimum absolute atomic E-state index is 0.0290. The highest BCUT2D eigenvalue weighted by atomic mass is 16.5. The lowest BCUT2D eigenvalue weighted by Gasteiger charge is -2.27. The predicted octanol–water partition coefficient (Wildman–Crippen LogP) is 3.98. The zero-order chi connectivity index (χ0) is 20.5. The maximum absolute atomic E-state index is 12.9. The number of para-hydroxylation sites is 1. The van der Waals surface area contributed by atoms with Crippen LogP contribution in [-0.2, 0) is 4.74 Å². The Kier molecular flexibility index (Phi) is 7.64. The van der Waals surface area contributed by atoms with Crippen LogP contribution in [0, 0.1) is 0 Å². The van der Waals surface area contributed by atoms with Crippen molar-refractivity contribution in [1.29, 1.82) is 0 Å². The van der Waals surface area contributed by atoms with Crippen molar-refractivity contribution in [2.75, 3.05) is 38.2 Å².